The molecule has 1 saturated heterocycles. The van der Waals surface area contributed by atoms with Gasteiger partial charge in [0.2, 0.25) is 0 Å². The maximum atomic E-state index is 12.3. The molecular formula is C14H12BrNO4S. The summed E-state index contributed by atoms with van der Waals surface area (Å²) in [5.41, 5.74) is 0.792. The quantitative estimate of drug-likeness (QED) is 0.605. The Morgan fingerprint density at radius 2 is 2.14 bits per heavy atom. The van der Waals surface area contributed by atoms with E-state index in [-0.39, 0.29) is 4.91 Å². The zero-order chi connectivity index (χ0) is 15.6. The van der Waals surface area contributed by atoms with Gasteiger partial charge in [-0.3, -0.25) is 14.5 Å². The predicted molar refractivity (Wildman–Crippen MR) is 83.4 cm³/mol. The Balaban J connectivity index is 2.28. The van der Waals surface area contributed by atoms with E-state index >= 15 is 0 Å². The van der Waals surface area contributed by atoms with Crippen LogP contribution in [0.4, 0.5) is 4.79 Å². The maximum absolute atomic E-state index is 12.3. The molecule has 1 aliphatic rings. The molecule has 110 valence electrons. The van der Waals surface area contributed by atoms with Crippen LogP contribution < -0.4 is 0 Å². The molecule has 2 rings (SSSR count). The van der Waals surface area contributed by atoms with Gasteiger partial charge >= 0.3 is 5.97 Å². The van der Waals surface area contributed by atoms with E-state index in [0.717, 1.165) is 26.7 Å². The Labute approximate surface area is 134 Å². The zero-order valence-corrected chi connectivity index (χ0v) is 13.7. The molecule has 1 atom stereocenters. The van der Waals surface area contributed by atoms with Crippen LogP contribution in [0, 0.1) is 0 Å². The van der Waals surface area contributed by atoms with Gasteiger partial charge in [0.15, 0.2) is 0 Å². The lowest BCUT2D eigenvalue weighted by Crippen LogP contribution is -2.42. The van der Waals surface area contributed by atoms with Gasteiger partial charge in [-0.05, 0) is 42.5 Å². The van der Waals surface area contributed by atoms with E-state index in [0.29, 0.717) is 0 Å². The van der Waals surface area contributed by atoms with Crippen LogP contribution in [0.25, 0.3) is 6.08 Å². The molecular weight excluding hydrogens is 358 g/mol. The summed E-state index contributed by atoms with van der Waals surface area (Å²) < 4.78 is 5.44. The highest BCUT2D eigenvalue weighted by Gasteiger charge is 2.41. The Morgan fingerprint density at radius 3 is 2.76 bits per heavy atom. The van der Waals surface area contributed by atoms with Crippen LogP contribution in [0.2, 0.25) is 0 Å². The van der Waals surface area contributed by atoms with Crippen molar-refractivity contribution in [2.24, 2.45) is 0 Å². The highest BCUT2D eigenvalue weighted by Crippen LogP contribution is 2.34. The van der Waals surface area contributed by atoms with Crippen LogP contribution in [0.1, 0.15) is 12.5 Å². The molecule has 0 bridgehead atoms. The number of carbonyl (C=O) groups excluding carboxylic acids is 3. The lowest BCUT2D eigenvalue weighted by molar-refractivity contribution is -0.148. The molecule has 5 nitrogen and oxygen atoms in total. The van der Waals surface area contributed by atoms with Crippen molar-refractivity contribution in [1.82, 2.24) is 4.90 Å². The highest BCUT2D eigenvalue weighted by atomic mass is 79.9. The third-order valence-corrected chi connectivity index (χ3v) is 4.28. The third kappa shape index (κ3) is 3.36. The van der Waals surface area contributed by atoms with Gasteiger partial charge in [0.1, 0.15) is 6.04 Å². The minimum Gasteiger partial charge on any atom is -0.467 e. The zero-order valence-electron chi connectivity index (χ0n) is 11.3. The highest BCUT2D eigenvalue weighted by molar-refractivity contribution is 9.10. The van der Waals surface area contributed by atoms with E-state index in [2.05, 4.69) is 20.7 Å². The maximum Gasteiger partial charge on any atom is 0.328 e. The molecule has 0 aliphatic carbocycles. The number of carbonyl (C=O) groups is 3. The molecule has 1 heterocycles. The second kappa shape index (κ2) is 6.44. The molecule has 0 radical (unpaired) electrons. The van der Waals surface area contributed by atoms with Gasteiger partial charge in [-0.15, -0.1) is 0 Å². The fourth-order valence-electron chi connectivity index (χ4n) is 1.84. The molecule has 0 aromatic heterocycles. The largest absolute Gasteiger partial charge is 0.467 e. The van der Waals surface area contributed by atoms with E-state index in [9.17, 15) is 14.4 Å². The van der Waals surface area contributed by atoms with E-state index in [1.165, 1.54) is 14.0 Å². The summed E-state index contributed by atoms with van der Waals surface area (Å²) in [5.74, 6) is -1.11. The number of hydrogen-bond donors (Lipinski definition) is 0. The molecule has 1 fully saturated rings. The van der Waals surface area contributed by atoms with Crippen molar-refractivity contribution < 1.29 is 19.1 Å². The van der Waals surface area contributed by atoms with Crippen molar-refractivity contribution in [1.29, 1.82) is 0 Å². The minimum atomic E-state index is -0.934. The molecule has 0 saturated carbocycles. The van der Waals surface area contributed by atoms with Crippen molar-refractivity contribution in [2.75, 3.05) is 7.11 Å². The first-order chi connectivity index (χ1) is 9.93. The normalized spacial score (nSPS) is 18.2. The fourth-order valence-corrected chi connectivity index (χ4v) is 3.16. The smallest absolute Gasteiger partial charge is 0.328 e. The SMILES string of the molecule is COC(=O)[C@@H](C)N1C(=O)S/C(=C/c2cccc(Br)c2)C1=O. The number of ether oxygens (including phenoxy) is 1. The van der Waals surface area contributed by atoms with Crippen LogP contribution >= 0.6 is 27.7 Å². The number of amides is 2. The predicted octanol–water partition coefficient (Wildman–Crippen LogP) is 3.05. The first kappa shape index (κ1) is 15.8. The molecule has 21 heavy (non-hydrogen) atoms. The van der Waals surface area contributed by atoms with Gasteiger partial charge in [0.05, 0.1) is 12.0 Å². The molecule has 1 aromatic rings. The topological polar surface area (TPSA) is 63.7 Å². The third-order valence-electron chi connectivity index (χ3n) is 2.90. The number of thioether (sulfide) groups is 1. The Hall–Kier alpha value is -1.60. The van der Waals surface area contributed by atoms with Crippen LogP contribution in [-0.2, 0) is 14.3 Å². The molecule has 1 aliphatic heterocycles. The van der Waals surface area contributed by atoms with Gasteiger partial charge < -0.3 is 4.74 Å². The number of halogens is 1. The summed E-state index contributed by atoms with van der Waals surface area (Å²) in [5, 5.41) is -0.473. The lowest BCUT2D eigenvalue weighted by Gasteiger charge is -2.18. The average Bonchev–Trinajstić information content (AvgIpc) is 2.72. The Morgan fingerprint density at radius 1 is 1.43 bits per heavy atom. The van der Waals surface area contributed by atoms with Gasteiger partial charge in [-0.25, -0.2) is 4.79 Å². The molecule has 0 spiro atoms. The summed E-state index contributed by atoms with van der Waals surface area (Å²) in [6.07, 6.45) is 1.62. The number of nitrogens with zero attached hydrogens (tertiary/aromatic N) is 1. The van der Waals surface area contributed by atoms with Gasteiger partial charge in [0.25, 0.3) is 11.1 Å². The monoisotopic (exact) mass is 369 g/mol. The first-order valence-electron chi connectivity index (χ1n) is 6.04. The van der Waals surface area contributed by atoms with Crippen LogP contribution in [0.15, 0.2) is 33.6 Å². The lowest BCUT2D eigenvalue weighted by atomic mass is 10.2. The summed E-state index contributed by atoms with van der Waals surface area (Å²) >= 11 is 4.16. The van der Waals surface area contributed by atoms with Crippen molar-refractivity contribution in [3.05, 3.63) is 39.2 Å². The second-order valence-electron chi connectivity index (χ2n) is 4.31. The summed E-state index contributed by atoms with van der Waals surface area (Å²) in [6, 6.07) is 6.41. The van der Waals surface area contributed by atoms with Crippen molar-refractivity contribution >= 4 is 50.9 Å². The minimum absolute atomic E-state index is 0.286. The number of esters is 1. The van der Waals surface area contributed by atoms with Crippen LogP contribution in [0.3, 0.4) is 0 Å². The van der Waals surface area contributed by atoms with E-state index in [4.69, 9.17) is 0 Å². The average molecular weight is 370 g/mol. The molecule has 1 aromatic carbocycles. The standard InChI is InChI=1S/C14H12BrNO4S/c1-8(13(18)20-2)16-12(17)11(21-14(16)19)7-9-4-3-5-10(15)6-9/h3-8H,1-2H3/b11-7+/t8-/m1/s1. The van der Waals surface area contributed by atoms with Crippen molar-refractivity contribution in [3.63, 3.8) is 0 Å². The number of rotatable bonds is 3. The number of imide groups is 1. The fraction of sp³-hybridized carbons (Fsp3) is 0.214. The van der Waals surface area contributed by atoms with Gasteiger partial charge in [-0.2, -0.15) is 0 Å². The molecule has 0 unspecified atom stereocenters. The van der Waals surface area contributed by atoms with Gasteiger partial charge in [-0.1, -0.05) is 28.1 Å². The number of hydrogen-bond acceptors (Lipinski definition) is 5. The molecule has 0 N–H and O–H groups in total. The first-order valence-corrected chi connectivity index (χ1v) is 7.65. The van der Waals surface area contributed by atoms with Crippen LogP contribution in [-0.4, -0.2) is 35.2 Å². The van der Waals surface area contributed by atoms with E-state index in [1.54, 1.807) is 6.08 Å². The van der Waals surface area contributed by atoms with Crippen LogP contribution in [0.5, 0.6) is 0 Å². The Kier molecular flexibility index (Phi) is 4.84. The van der Waals surface area contributed by atoms with Crippen molar-refractivity contribution in [3.8, 4) is 0 Å². The summed E-state index contributed by atoms with van der Waals surface area (Å²) in [6.45, 7) is 1.46. The van der Waals surface area contributed by atoms with E-state index < -0.39 is 23.2 Å². The van der Waals surface area contributed by atoms with E-state index in [1.807, 2.05) is 24.3 Å². The summed E-state index contributed by atoms with van der Waals surface area (Å²) in [7, 11) is 1.22. The van der Waals surface area contributed by atoms with Crippen molar-refractivity contribution in [2.45, 2.75) is 13.0 Å². The molecule has 7 heteroatoms. The second-order valence-corrected chi connectivity index (χ2v) is 6.21. The van der Waals surface area contributed by atoms with Gasteiger partial charge in [0, 0.05) is 4.47 Å². The number of benzene rings is 1. The molecule has 2 amide bonds. The summed E-state index contributed by atoms with van der Waals surface area (Å²) in [4.78, 5) is 36.9. The Bertz CT molecular complexity index is 644. The number of methoxy groups -OCH3 is 1.